The number of amides is 1. The van der Waals surface area contributed by atoms with Crippen LogP contribution in [-0.2, 0) is 20.4 Å². The van der Waals surface area contributed by atoms with E-state index >= 15 is 0 Å². The van der Waals surface area contributed by atoms with Crippen LogP contribution in [0.5, 0.6) is 0 Å². The lowest BCUT2D eigenvalue weighted by Gasteiger charge is -2.40. The van der Waals surface area contributed by atoms with Crippen molar-refractivity contribution in [1.82, 2.24) is 4.72 Å². The van der Waals surface area contributed by atoms with Crippen molar-refractivity contribution < 1.29 is 37.3 Å². The number of rotatable bonds is 8. The fourth-order valence-electron chi connectivity index (χ4n) is 5.05. The van der Waals surface area contributed by atoms with Gasteiger partial charge in [-0.2, -0.15) is 8.42 Å². The molecule has 0 saturated heterocycles. The number of fused-ring (bicyclic) bond motifs is 2. The Hall–Kier alpha value is -3.59. The van der Waals surface area contributed by atoms with Crippen molar-refractivity contribution in [1.29, 1.82) is 0 Å². The van der Waals surface area contributed by atoms with Gasteiger partial charge in [0.2, 0.25) is 0 Å². The SMILES string of the molecule is CCCC1(CCC)C(=O)C(C2=NS(O)(O)c3cc(NS(=O)(=O)NC(=O)O)ccc3N2)=C(O)c2ccccc21. The number of nitrogens with zero attached hydrogens (tertiary/aromatic N) is 1. The Labute approximate surface area is 221 Å². The Kier molecular flexibility index (Phi) is 7.18. The fraction of sp³-hybridized carbons (Fsp3) is 0.292. The molecule has 0 atom stereocenters. The molecule has 1 aliphatic carbocycles. The summed E-state index contributed by atoms with van der Waals surface area (Å²) >= 11 is 0. The van der Waals surface area contributed by atoms with Gasteiger partial charge in [0.25, 0.3) is 0 Å². The van der Waals surface area contributed by atoms with E-state index in [4.69, 9.17) is 5.11 Å². The molecule has 0 spiro atoms. The predicted molar refractivity (Wildman–Crippen MR) is 145 cm³/mol. The maximum absolute atomic E-state index is 14.1. The molecule has 7 N–H and O–H groups in total. The number of nitrogens with one attached hydrogen (secondary N) is 3. The maximum atomic E-state index is 14.1. The predicted octanol–water partition coefficient (Wildman–Crippen LogP) is 4.85. The molecule has 0 radical (unpaired) electrons. The van der Waals surface area contributed by atoms with E-state index in [0.717, 1.165) is 6.07 Å². The number of amidine groups is 1. The lowest BCUT2D eigenvalue weighted by molar-refractivity contribution is -0.121. The number of carbonyl (C=O) groups excluding carboxylic acids is 1. The summed E-state index contributed by atoms with van der Waals surface area (Å²) in [5.41, 5.74) is 0.0394. The summed E-state index contributed by atoms with van der Waals surface area (Å²) in [5.74, 6) is -0.930. The van der Waals surface area contributed by atoms with Gasteiger partial charge in [0.1, 0.15) is 16.2 Å². The highest BCUT2D eigenvalue weighted by Gasteiger charge is 2.48. The van der Waals surface area contributed by atoms with Crippen LogP contribution in [0.25, 0.3) is 5.76 Å². The van der Waals surface area contributed by atoms with E-state index in [9.17, 15) is 32.2 Å². The van der Waals surface area contributed by atoms with Crippen LogP contribution in [0.2, 0.25) is 0 Å². The van der Waals surface area contributed by atoms with Crippen LogP contribution in [-0.4, -0.2) is 45.4 Å². The van der Waals surface area contributed by atoms with Gasteiger partial charge in [-0.15, -0.1) is 4.40 Å². The molecule has 1 amide bonds. The molecule has 0 aromatic heterocycles. The van der Waals surface area contributed by atoms with Crippen LogP contribution in [0, 0.1) is 0 Å². The highest BCUT2D eigenvalue weighted by Crippen LogP contribution is 2.57. The Bertz CT molecular complexity index is 1480. The second-order valence-electron chi connectivity index (χ2n) is 8.99. The number of carbonyl (C=O) groups is 2. The summed E-state index contributed by atoms with van der Waals surface area (Å²) < 4.78 is 52.9. The second kappa shape index (κ2) is 9.94. The molecule has 2 aliphatic rings. The minimum Gasteiger partial charge on any atom is -0.506 e. The molecule has 4 rings (SSSR count). The van der Waals surface area contributed by atoms with Crippen LogP contribution >= 0.6 is 10.8 Å². The Morgan fingerprint density at radius 3 is 2.39 bits per heavy atom. The third-order valence-electron chi connectivity index (χ3n) is 6.41. The van der Waals surface area contributed by atoms with Gasteiger partial charge in [-0.05, 0) is 36.6 Å². The topological polar surface area (TPSA) is 198 Å². The van der Waals surface area contributed by atoms with E-state index in [1.54, 1.807) is 12.1 Å². The van der Waals surface area contributed by atoms with Gasteiger partial charge in [0, 0.05) is 5.56 Å². The molecule has 1 heterocycles. The molecule has 1 aliphatic heterocycles. The van der Waals surface area contributed by atoms with Gasteiger partial charge in [-0.3, -0.25) is 18.6 Å². The van der Waals surface area contributed by atoms with E-state index in [0.29, 0.717) is 36.8 Å². The molecule has 204 valence electrons. The first-order valence-electron chi connectivity index (χ1n) is 11.8. The van der Waals surface area contributed by atoms with Crippen molar-refractivity contribution in [3.63, 3.8) is 0 Å². The molecule has 38 heavy (non-hydrogen) atoms. The molecule has 0 fully saturated rings. The quantitative estimate of drug-likeness (QED) is 0.234. The number of anilines is 2. The van der Waals surface area contributed by atoms with E-state index in [2.05, 4.69) is 9.71 Å². The van der Waals surface area contributed by atoms with Crippen LogP contribution < -0.4 is 14.8 Å². The zero-order chi connectivity index (χ0) is 27.9. The van der Waals surface area contributed by atoms with Gasteiger partial charge < -0.3 is 15.5 Å². The first kappa shape index (κ1) is 27.4. The van der Waals surface area contributed by atoms with E-state index in [-0.39, 0.29) is 39.2 Å². The molecule has 0 unspecified atom stereocenters. The van der Waals surface area contributed by atoms with Crippen molar-refractivity contribution >= 4 is 55.8 Å². The average molecular weight is 565 g/mol. The van der Waals surface area contributed by atoms with Crippen LogP contribution in [0.1, 0.15) is 50.7 Å². The highest BCUT2D eigenvalue weighted by molar-refractivity contribution is 8.23. The van der Waals surface area contributed by atoms with Gasteiger partial charge in [0.15, 0.2) is 11.6 Å². The standard InChI is InChI=1S/C24H28N4O8S2/c1-3-11-24(12-4-2)16-8-6-5-7-15(16)20(29)19(21(24)30)22-25-17-10-9-14(13-18(17)37(33,34)27-22)26-38(35,36)28-23(31)32/h5-10,13,26,28-29,33-34H,3-4,11-12H2,1-2H3,(H,25,27)(H,31,32). The van der Waals surface area contributed by atoms with Crippen molar-refractivity contribution in [2.45, 2.75) is 49.8 Å². The number of hydrogen-bond acceptors (Lipinski definition) is 9. The largest absolute Gasteiger partial charge is 0.506 e. The summed E-state index contributed by atoms with van der Waals surface area (Å²) in [6.07, 6.45) is 0.621. The number of hydrogen-bond donors (Lipinski definition) is 7. The Balaban J connectivity index is 1.80. The first-order chi connectivity index (χ1) is 17.8. The Morgan fingerprint density at radius 2 is 1.76 bits per heavy atom. The second-order valence-corrected chi connectivity index (χ2v) is 12.1. The molecule has 14 heteroatoms. The third kappa shape index (κ3) is 4.82. The van der Waals surface area contributed by atoms with Gasteiger partial charge >= 0.3 is 16.3 Å². The molecular weight excluding hydrogens is 536 g/mol. The Morgan fingerprint density at radius 1 is 1.11 bits per heavy atom. The number of aliphatic hydroxyl groups is 1. The maximum Gasteiger partial charge on any atom is 0.419 e. The zero-order valence-electron chi connectivity index (χ0n) is 20.6. The monoisotopic (exact) mass is 564 g/mol. The minimum atomic E-state index is -4.49. The fourth-order valence-corrected chi connectivity index (χ4v) is 6.96. The molecule has 2 aromatic carbocycles. The van der Waals surface area contributed by atoms with E-state index in [1.807, 2.05) is 30.7 Å². The lowest BCUT2D eigenvalue weighted by atomic mass is 9.63. The lowest BCUT2D eigenvalue weighted by Crippen LogP contribution is -2.44. The molecule has 2 aromatic rings. The van der Waals surface area contributed by atoms with Gasteiger partial charge in [0.05, 0.1) is 16.8 Å². The van der Waals surface area contributed by atoms with Gasteiger partial charge in [-0.25, -0.2) is 9.52 Å². The van der Waals surface area contributed by atoms with Crippen molar-refractivity contribution in [2.75, 3.05) is 10.0 Å². The zero-order valence-corrected chi connectivity index (χ0v) is 22.2. The first-order valence-corrected chi connectivity index (χ1v) is 14.7. The molecular formula is C24H28N4O8S2. The van der Waals surface area contributed by atoms with Gasteiger partial charge in [-0.1, -0.05) is 61.7 Å². The summed E-state index contributed by atoms with van der Waals surface area (Å²) in [5, 5.41) is 22.8. The van der Waals surface area contributed by atoms with Crippen molar-refractivity contribution in [3.05, 3.63) is 59.2 Å². The molecule has 0 bridgehead atoms. The minimum absolute atomic E-state index is 0.118. The van der Waals surface area contributed by atoms with Crippen LogP contribution in [0.3, 0.4) is 0 Å². The number of Topliss-reactive ketones (excluding diaryl/α,β-unsaturated/α-hetero) is 1. The highest BCUT2D eigenvalue weighted by atomic mass is 32.3. The van der Waals surface area contributed by atoms with Crippen molar-refractivity contribution in [3.8, 4) is 0 Å². The number of carboxylic acid groups (broad SMARTS) is 1. The molecule has 0 saturated carbocycles. The van der Waals surface area contributed by atoms with E-state index < -0.39 is 32.5 Å². The van der Waals surface area contributed by atoms with E-state index in [1.165, 1.54) is 16.9 Å². The number of ketones is 1. The summed E-state index contributed by atoms with van der Waals surface area (Å²) in [6, 6.07) is 10.8. The molecule has 12 nitrogen and oxygen atoms in total. The van der Waals surface area contributed by atoms with Crippen molar-refractivity contribution in [2.24, 2.45) is 4.40 Å². The summed E-state index contributed by atoms with van der Waals surface area (Å²) in [7, 11) is -8.46. The summed E-state index contributed by atoms with van der Waals surface area (Å²) in [6.45, 7) is 3.93. The normalized spacial score (nSPS) is 18.4. The number of benzene rings is 2. The smallest absolute Gasteiger partial charge is 0.419 e. The number of aliphatic hydroxyl groups excluding tert-OH is 1. The summed E-state index contributed by atoms with van der Waals surface area (Å²) in [4.78, 5) is 24.6. The average Bonchev–Trinajstić information content (AvgIpc) is 2.82. The van der Waals surface area contributed by atoms with Crippen LogP contribution in [0.15, 0.2) is 57.3 Å². The third-order valence-corrected chi connectivity index (χ3v) is 8.72. The van der Waals surface area contributed by atoms with Crippen LogP contribution in [0.4, 0.5) is 16.2 Å².